The zero-order valence-electron chi connectivity index (χ0n) is 19.3. The first kappa shape index (κ1) is 24.4. The second-order valence-electron chi connectivity index (χ2n) is 8.33. The van der Waals surface area contributed by atoms with Crippen LogP contribution in [0.2, 0.25) is 0 Å². The summed E-state index contributed by atoms with van der Waals surface area (Å²) < 4.78 is 6.51. The van der Waals surface area contributed by atoms with Crippen LogP contribution in [0.5, 0.6) is 5.75 Å². The van der Waals surface area contributed by atoms with Gasteiger partial charge in [0, 0.05) is 41.7 Å². The van der Waals surface area contributed by atoms with Gasteiger partial charge in [0.15, 0.2) is 0 Å². The third-order valence-corrected chi connectivity index (χ3v) is 6.00. The summed E-state index contributed by atoms with van der Waals surface area (Å²) >= 11 is 3.48. The van der Waals surface area contributed by atoms with E-state index in [-0.39, 0.29) is 17.4 Å². The van der Waals surface area contributed by atoms with Crippen molar-refractivity contribution in [3.05, 3.63) is 52.8 Å². The molecule has 1 aromatic heterocycles. The van der Waals surface area contributed by atoms with Gasteiger partial charge in [-0.3, -0.25) is 14.4 Å². The van der Waals surface area contributed by atoms with Gasteiger partial charge in [0.1, 0.15) is 17.9 Å². The van der Waals surface area contributed by atoms with Crippen LogP contribution in [0.4, 0.5) is 11.5 Å². The summed E-state index contributed by atoms with van der Waals surface area (Å²) in [6, 6.07) is 10.3. The summed E-state index contributed by atoms with van der Waals surface area (Å²) in [6.45, 7) is 5.41. The van der Waals surface area contributed by atoms with E-state index in [1.807, 2.05) is 32.0 Å². The van der Waals surface area contributed by atoms with Gasteiger partial charge in [-0.25, -0.2) is 9.97 Å². The molecule has 1 aliphatic heterocycles. The Morgan fingerprint density at radius 2 is 1.80 bits per heavy atom. The first-order valence-corrected chi connectivity index (χ1v) is 11.9. The highest BCUT2D eigenvalue weighted by molar-refractivity contribution is 9.10. The molecule has 3 N–H and O–H groups in total. The molecule has 0 radical (unpaired) electrons. The molecule has 0 aliphatic carbocycles. The zero-order chi connectivity index (χ0) is 25.1. The number of halogens is 1. The maximum atomic E-state index is 12.8. The quantitative estimate of drug-likeness (QED) is 0.475. The molecule has 1 saturated heterocycles. The number of nitrogens with one attached hydrogen (secondary N) is 1. The first-order chi connectivity index (χ1) is 16.7. The number of ether oxygens (including phenoxy) is 1. The van der Waals surface area contributed by atoms with Gasteiger partial charge < -0.3 is 25.6 Å². The van der Waals surface area contributed by atoms with Crippen molar-refractivity contribution in [1.82, 2.24) is 14.9 Å². The van der Waals surface area contributed by atoms with Crippen molar-refractivity contribution in [3.8, 4) is 5.75 Å². The van der Waals surface area contributed by atoms with Crippen LogP contribution in [0.15, 0.2) is 47.2 Å². The van der Waals surface area contributed by atoms with E-state index in [2.05, 4.69) is 36.1 Å². The Morgan fingerprint density at radius 3 is 2.49 bits per heavy atom. The van der Waals surface area contributed by atoms with Crippen LogP contribution in [0.1, 0.15) is 24.2 Å². The van der Waals surface area contributed by atoms with E-state index in [1.165, 1.54) is 17.3 Å². The van der Waals surface area contributed by atoms with Crippen molar-refractivity contribution in [2.75, 3.05) is 36.4 Å². The Hall–Kier alpha value is -3.73. The molecule has 3 aromatic rings. The number of benzene rings is 2. The smallest absolute Gasteiger partial charge is 0.313 e. The molecule has 10 nitrogen and oxygen atoms in total. The lowest BCUT2D eigenvalue weighted by atomic mass is 10.1. The first-order valence-electron chi connectivity index (χ1n) is 11.1. The van der Waals surface area contributed by atoms with E-state index in [9.17, 15) is 14.4 Å². The second kappa shape index (κ2) is 10.3. The van der Waals surface area contributed by atoms with E-state index in [0.717, 1.165) is 21.2 Å². The van der Waals surface area contributed by atoms with Gasteiger partial charge in [-0.2, -0.15) is 0 Å². The predicted molar refractivity (Wildman–Crippen MR) is 135 cm³/mol. The minimum Gasteiger partial charge on any atom is -0.490 e. The van der Waals surface area contributed by atoms with Gasteiger partial charge in [0.2, 0.25) is 0 Å². The number of piperazine rings is 1. The standard InChI is InChI=1S/C24H25BrN6O4/c1-14(2)35-20-6-4-16(12-18(20)21(26)32)29-23(33)24(34)31-9-7-30(8-10-31)22-17-11-15(25)3-5-19(17)27-13-28-22/h3-6,11-14H,7-10H2,1-2H3,(H2,26,32)(H,29,33). The molecule has 0 bridgehead atoms. The molecule has 0 spiro atoms. The Kier molecular flexibility index (Phi) is 7.15. The number of primary amides is 1. The molecular formula is C24H25BrN6O4. The summed E-state index contributed by atoms with van der Waals surface area (Å²) in [7, 11) is 0. The number of fused-ring (bicyclic) bond motifs is 1. The van der Waals surface area contributed by atoms with E-state index in [1.54, 1.807) is 12.1 Å². The number of carbonyl (C=O) groups is 3. The van der Waals surface area contributed by atoms with Crippen LogP contribution in [0, 0.1) is 0 Å². The largest absolute Gasteiger partial charge is 0.490 e. The average molecular weight is 541 g/mol. The Balaban J connectivity index is 1.41. The maximum absolute atomic E-state index is 12.8. The van der Waals surface area contributed by atoms with Gasteiger partial charge >= 0.3 is 11.8 Å². The molecule has 2 aromatic carbocycles. The monoisotopic (exact) mass is 540 g/mol. The van der Waals surface area contributed by atoms with Crippen LogP contribution < -0.4 is 20.7 Å². The number of rotatable bonds is 5. The van der Waals surface area contributed by atoms with E-state index >= 15 is 0 Å². The highest BCUT2D eigenvalue weighted by atomic mass is 79.9. The lowest BCUT2D eigenvalue weighted by Gasteiger charge is -2.35. The molecule has 1 fully saturated rings. The van der Waals surface area contributed by atoms with Crippen LogP contribution >= 0.6 is 15.9 Å². The van der Waals surface area contributed by atoms with Crippen molar-refractivity contribution < 1.29 is 19.1 Å². The van der Waals surface area contributed by atoms with Crippen molar-refractivity contribution >= 4 is 56.1 Å². The van der Waals surface area contributed by atoms with Gasteiger partial charge in [-0.05, 0) is 50.2 Å². The number of aromatic nitrogens is 2. The van der Waals surface area contributed by atoms with Crippen LogP contribution in [-0.4, -0.2) is 64.9 Å². The molecule has 3 amide bonds. The lowest BCUT2D eigenvalue weighted by molar-refractivity contribution is -0.143. The summed E-state index contributed by atoms with van der Waals surface area (Å²) in [5, 5.41) is 3.47. The molecule has 35 heavy (non-hydrogen) atoms. The fourth-order valence-corrected chi connectivity index (χ4v) is 4.23. The van der Waals surface area contributed by atoms with Crippen LogP contribution in [0.25, 0.3) is 10.9 Å². The molecule has 0 unspecified atom stereocenters. The molecule has 2 heterocycles. The van der Waals surface area contributed by atoms with Crippen LogP contribution in [0.3, 0.4) is 0 Å². The summed E-state index contributed by atoms with van der Waals surface area (Å²) in [5.41, 5.74) is 6.69. The van der Waals surface area contributed by atoms with Gasteiger partial charge in [-0.1, -0.05) is 15.9 Å². The number of hydrogen-bond donors (Lipinski definition) is 2. The number of amides is 3. The summed E-state index contributed by atoms with van der Waals surface area (Å²) in [5.74, 6) is -1.03. The number of nitrogens with two attached hydrogens (primary N) is 1. The molecule has 0 atom stereocenters. The molecule has 4 rings (SSSR count). The topological polar surface area (TPSA) is 131 Å². The van der Waals surface area contributed by atoms with E-state index in [4.69, 9.17) is 10.5 Å². The fraction of sp³-hybridized carbons (Fsp3) is 0.292. The Morgan fingerprint density at radius 1 is 1.06 bits per heavy atom. The minimum atomic E-state index is -0.789. The molecule has 182 valence electrons. The van der Waals surface area contributed by atoms with Crippen molar-refractivity contribution in [3.63, 3.8) is 0 Å². The van der Waals surface area contributed by atoms with Crippen molar-refractivity contribution in [2.45, 2.75) is 20.0 Å². The van der Waals surface area contributed by atoms with Gasteiger partial charge in [-0.15, -0.1) is 0 Å². The highest BCUT2D eigenvalue weighted by Gasteiger charge is 2.27. The van der Waals surface area contributed by atoms with Gasteiger partial charge in [0.25, 0.3) is 5.91 Å². The fourth-order valence-electron chi connectivity index (χ4n) is 3.87. The van der Waals surface area contributed by atoms with Crippen LogP contribution in [-0.2, 0) is 9.59 Å². The summed E-state index contributed by atoms with van der Waals surface area (Å²) in [4.78, 5) is 49.5. The minimum absolute atomic E-state index is 0.126. The predicted octanol–water partition coefficient (Wildman–Crippen LogP) is 2.57. The van der Waals surface area contributed by atoms with Crippen molar-refractivity contribution in [1.29, 1.82) is 0 Å². The molecular weight excluding hydrogens is 516 g/mol. The van der Waals surface area contributed by atoms with E-state index < -0.39 is 17.7 Å². The maximum Gasteiger partial charge on any atom is 0.313 e. The number of anilines is 2. The SMILES string of the molecule is CC(C)Oc1ccc(NC(=O)C(=O)N2CCN(c3ncnc4ccc(Br)cc34)CC2)cc1C(N)=O. The average Bonchev–Trinajstić information content (AvgIpc) is 2.83. The molecule has 11 heteroatoms. The zero-order valence-corrected chi connectivity index (χ0v) is 20.9. The van der Waals surface area contributed by atoms with Gasteiger partial charge in [0.05, 0.1) is 17.2 Å². The lowest BCUT2D eigenvalue weighted by Crippen LogP contribution is -2.51. The van der Waals surface area contributed by atoms with E-state index in [0.29, 0.717) is 31.9 Å². The molecule has 1 aliphatic rings. The molecule has 0 saturated carbocycles. The normalized spacial score (nSPS) is 13.7. The Bertz CT molecular complexity index is 1290. The number of carbonyl (C=O) groups excluding carboxylic acids is 3. The highest BCUT2D eigenvalue weighted by Crippen LogP contribution is 2.27. The third-order valence-electron chi connectivity index (χ3n) is 5.50. The second-order valence-corrected chi connectivity index (χ2v) is 9.25. The number of hydrogen-bond acceptors (Lipinski definition) is 7. The Labute approximate surface area is 210 Å². The summed E-state index contributed by atoms with van der Waals surface area (Å²) in [6.07, 6.45) is 1.37. The third kappa shape index (κ3) is 5.51. The van der Waals surface area contributed by atoms with Crippen molar-refractivity contribution in [2.24, 2.45) is 5.73 Å². The number of nitrogens with zero attached hydrogens (tertiary/aromatic N) is 4.